The molecule has 1 rings (SSSR count). The molecule has 1 aromatic rings. The van der Waals surface area contributed by atoms with Crippen LogP contribution in [-0.2, 0) is 10.0 Å². The summed E-state index contributed by atoms with van der Waals surface area (Å²) in [5, 5.41) is 8.94. The van der Waals surface area contributed by atoms with E-state index in [9.17, 15) is 13.2 Å². The fourth-order valence-corrected chi connectivity index (χ4v) is 3.32. The molecule has 0 radical (unpaired) electrons. The molecule has 0 aromatic carbocycles. The summed E-state index contributed by atoms with van der Waals surface area (Å²) < 4.78 is 26.6. The average Bonchev–Trinajstić information content (AvgIpc) is 2.55. The van der Waals surface area contributed by atoms with Gasteiger partial charge in [0.05, 0.1) is 0 Å². The highest BCUT2D eigenvalue weighted by atomic mass is 32.2. The van der Waals surface area contributed by atoms with Crippen molar-refractivity contribution in [3.05, 3.63) is 17.0 Å². The number of unbranched alkanes of at least 4 members (excludes halogenated alkanes) is 1. The van der Waals surface area contributed by atoms with Crippen LogP contribution in [0.3, 0.4) is 0 Å². The molecular formula is C11H18N2O4S. The maximum Gasteiger partial charge on any atom is 0.352 e. The number of carboxylic acids is 1. The normalized spacial score (nSPS) is 11.7. The third kappa shape index (κ3) is 2.91. The van der Waals surface area contributed by atoms with E-state index < -0.39 is 16.0 Å². The standard InChI is InChI=1S/C11H18N2O4S/c1-4-5-6-12-18(16,17)10-7(2)9(11(14)15)13-8(10)3/h12-13H,4-6H2,1-3H3,(H,14,15). The van der Waals surface area contributed by atoms with Gasteiger partial charge in [0, 0.05) is 17.8 Å². The summed E-state index contributed by atoms with van der Waals surface area (Å²) in [6.07, 6.45) is 1.63. The van der Waals surface area contributed by atoms with Crippen LogP contribution in [0.25, 0.3) is 0 Å². The van der Waals surface area contributed by atoms with Crippen molar-refractivity contribution in [2.24, 2.45) is 0 Å². The average molecular weight is 274 g/mol. The summed E-state index contributed by atoms with van der Waals surface area (Å²) in [6, 6.07) is 0. The topological polar surface area (TPSA) is 99.3 Å². The number of aromatic amines is 1. The van der Waals surface area contributed by atoms with Gasteiger partial charge in [0.1, 0.15) is 10.6 Å². The predicted molar refractivity (Wildman–Crippen MR) is 67.3 cm³/mol. The van der Waals surface area contributed by atoms with Crippen LogP contribution >= 0.6 is 0 Å². The van der Waals surface area contributed by atoms with Crippen LogP contribution in [0, 0.1) is 13.8 Å². The van der Waals surface area contributed by atoms with Crippen LogP contribution in [0.1, 0.15) is 41.5 Å². The molecule has 0 saturated carbocycles. The highest BCUT2D eigenvalue weighted by Gasteiger charge is 2.25. The lowest BCUT2D eigenvalue weighted by Gasteiger charge is -2.06. The maximum atomic E-state index is 12.1. The largest absolute Gasteiger partial charge is 0.477 e. The molecule has 18 heavy (non-hydrogen) atoms. The van der Waals surface area contributed by atoms with Crippen LogP contribution in [0.4, 0.5) is 0 Å². The molecule has 1 aromatic heterocycles. The van der Waals surface area contributed by atoms with Crippen LogP contribution in [0.15, 0.2) is 4.90 Å². The first kappa shape index (κ1) is 14.7. The molecule has 0 aliphatic rings. The van der Waals surface area contributed by atoms with Gasteiger partial charge in [0.15, 0.2) is 0 Å². The van der Waals surface area contributed by atoms with Crippen molar-refractivity contribution in [1.82, 2.24) is 9.71 Å². The number of hydrogen-bond acceptors (Lipinski definition) is 3. The summed E-state index contributed by atoms with van der Waals surface area (Å²) in [5.41, 5.74) is 0.501. The van der Waals surface area contributed by atoms with Gasteiger partial charge >= 0.3 is 5.97 Å². The van der Waals surface area contributed by atoms with E-state index in [0.717, 1.165) is 12.8 Å². The van der Waals surface area contributed by atoms with Crippen molar-refractivity contribution in [2.75, 3.05) is 6.54 Å². The van der Waals surface area contributed by atoms with Gasteiger partial charge in [-0.05, 0) is 20.3 Å². The second-order valence-electron chi connectivity index (χ2n) is 4.14. The Bertz CT molecular complexity index is 546. The third-order valence-corrected chi connectivity index (χ3v) is 4.41. The highest BCUT2D eigenvalue weighted by molar-refractivity contribution is 7.89. The molecule has 1 heterocycles. The maximum absolute atomic E-state index is 12.1. The van der Waals surface area contributed by atoms with Gasteiger partial charge in [-0.2, -0.15) is 0 Å². The van der Waals surface area contributed by atoms with E-state index >= 15 is 0 Å². The van der Waals surface area contributed by atoms with Crippen molar-refractivity contribution < 1.29 is 18.3 Å². The molecule has 102 valence electrons. The van der Waals surface area contributed by atoms with Gasteiger partial charge < -0.3 is 10.1 Å². The van der Waals surface area contributed by atoms with E-state index in [2.05, 4.69) is 9.71 Å². The number of H-pyrrole nitrogens is 1. The number of carbonyl (C=O) groups is 1. The lowest BCUT2D eigenvalue weighted by molar-refractivity contribution is 0.0690. The van der Waals surface area contributed by atoms with E-state index in [1.807, 2.05) is 6.92 Å². The zero-order valence-electron chi connectivity index (χ0n) is 10.7. The molecule has 0 bridgehead atoms. The van der Waals surface area contributed by atoms with Crippen LogP contribution in [0.2, 0.25) is 0 Å². The molecular weight excluding hydrogens is 256 g/mol. The molecule has 3 N–H and O–H groups in total. The summed E-state index contributed by atoms with van der Waals surface area (Å²) in [6.45, 7) is 5.35. The van der Waals surface area contributed by atoms with Crippen molar-refractivity contribution in [1.29, 1.82) is 0 Å². The smallest absolute Gasteiger partial charge is 0.352 e. The number of aromatic nitrogens is 1. The number of carboxylic acid groups (broad SMARTS) is 1. The molecule has 7 heteroatoms. The van der Waals surface area contributed by atoms with E-state index in [4.69, 9.17) is 5.11 Å². The lowest BCUT2D eigenvalue weighted by Crippen LogP contribution is -2.25. The Balaban J connectivity index is 3.13. The number of nitrogens with one attached hydrogen (secondary N) is 2. The van der Waals surface area contributed by atoms with Gasteiger partial charge in [-0.25, -0.2) is 17.9 Å². The minimum absolute atomic E-state index is 0.0380. The highest BCUT2D eigenvalue weighted by Crippen LogP contribution is 2.22. The molecule has 0 atom stereocenters. The van der Waals surface area contributed by atoms with Crippen molar-refractivity contribution in [2.45, 2.75) is 38.5 Å². The Kier molecular flexibility index (Phi) is 4.53. The van der Waals surface area contributed by atoms with Crippen molar-refractivity contribution in [3.8, 4) is 0 Å². The number of sulfonamides is 1. The summed E-state index contributed by atoms with van der Waals surface area (Å²) in [7, 11) is -3.65. The fourth-order valence-electron chi connectivity index (χ4n) is 1.81. The Hall–Kier alpha value is -1.34. The summed E-state index contributed by atoms with van der Waals surface area (Å²) in [4.78, 5) is 13.6. The van der Waals surface area contributed by atoms with Crippen LogP contribution in [-0.4, -0.2) is 31.0 Å². The van der Waals surface area contributed by atoms with Gasteiger partial charge in [-0.3, -0.25) is 0 Å². The molecule has 0 spiro atoms. The monoisotopic (exact) mass is 274 g/mol. The zero-order chi connectivity index (χ0) is 13.9. The fraction of sp³-hybridized carbons (Fsp3) is 0.545. The molecule has 0 aliphatic heterocycles. The third-order valence-electron chi connectivity index (χ3n) is 2.67. The number of hydrogen-bond donors (Lipinski definition) is 3. The predicted octanol–water partition coefficient (Wildman–Crippen LogP) is 1.41. The first-order valence-corrected chi connectivity index (χ1v) is 7.21. The van der Waals surface area contributed by atoms with Gasteiger partial charge in [-0.15, -0.1) is 0 Å². The van der Waals surface area contributed by atoms with Gasteiger partial charge in [-0.1, -0.05) is 13.3 Å². The minimum atomic E-state index is -3.65. The molecule has 0 saturated heterocycles. The number of aryl methyl sites for hydroxylation is 1. The van der Waals surface area contributed by atoms with E-state index in [-0.39, 0.29) is 16.2 Å². The molecule has 0 unspecified atom stereocenters. The Morgan fingerprint density at radius 3 is 2.44 bits per heavy atom. The summed E-state index contributed by atoms with van der Waals surface area (Å²) in [5.74, 6) is -1.16. The molecule has 0 amide bonds. The Labute approximate surface area is 106 Å². The second kappa shape index (κ2) is 5.53. The second-order valence-corrected chi connectivity index (χ2v) is 5.84. The van der Waals surface area contributed by atoms with E-state index in [1.54, 1.807) is 6.92 Å². The van der Waals surface area contributed by atoms with Crippen LogP contribution in [0.5, 0.6) is 0 Å². The number of aromatic carboxylic acids is 1. The quantitative estimate of drug-likeness (QED) is 0.683. The number of rotatable bonds is 6. The SMILES string of the molecule is CCCCNS(=O)(=O)c1c(C)[nH]c(C(=O)O)c1C. The van der Waals surface area contributed by atoms with Gasteiger partial charge in [0.2, 0.25) is 10.0 Å². The summed E-state index contributed by atoms with van der Waals surface area (Å²) >= 11 is 0. The minimum Gasteiger partial charge on any atom is -0.477 e. The first-order chi connectivity index (χ1) is 8.31. The van der Waals surface area contributed by atoms with Crippen molar-refractivity contribution >= 4 is 16.0 Å². The van der Waals surface area contributed by atoms with E-state index in [1.165, 1.54) is 6.92 Å². The van der Waals surface area contributed by atoms with Crippen molar-refractivity contribution in [3.63, 3.8) is 0 Å². The van der Waals surface area contributed by atoms with Crippen LogP contribution < -0.4 is 4.72 Å². The first-order valence-electron chi connectivity index (χ1n) is 5.73. The Morgan fingerprint density at radius 1 is 1.39 bits per heavy atom. The molecule has 0 aliphatic carbocycles. The molecule has 0 fully saturated rings. The lowest BCUT2D eigenvalue weighted by atomic mass is 10.2. The molecule has 6 nitrogen and oxygen atoms in total. The van der Waals surface area contributed by atoms with Gasteiger partial charge in [0.25, 0.3) is 0 Å². The zero-order valence-corrected chi connectivity index (χ0v) is 11.5. The van der Waals surface area contributed by atoms with E-state index in [0.29, 0.717) is 12.2 Å². The Morgan fingerprint density at radius 2 is 2.00 bits per heavy atom.